The number of nitrogens with zero attached hydrogens (tertiary/aromatic N) is 1. The maximum absolute atomic E-state index is 12.5. The highest BCUT2D eigenvalue weighted by Crippen LogP contribution is 2.23. The van der Waals surface area contributed by atoms with Crippen molar-refractivity contribution in [2.75, 3.05) is 13.6 Å². The molecule has 0 aromatic heterocycles. The first-order chi connectivity index (χ1) is 8.58. The number of alkyl halides is 1. The van der Waals surface area contributed by atoms with Gasteiger partial charge >= 0.3 is 0 Å². The third-order valence-corrected chi connectivity index (χ3v) is 4.96. The first kappa shape index (κ1) is 16.5. The van der Waals surface area contributed by atoms with Gasteiger partial charge in [-0.25, -0.2) is 12.7 Å². The second-order valence-electron chi connectivity index (χ2n) is 6.04. The Labute approximate surface area is 121 Å². The zero-order valence-electron chi connectivity index (χ0n) is 12.2. The van der Waals surface area contributed by atoms with E-state index in [0.717, 1.165) is 11.1 Å². The molecular weight excluding hydrogens is 282 g/mol. The first-order valence-electron chi connectivity index (χ1n) is 6.20. The van der Waals surface area contributed by atoms with Gasteiger partial charge in [0.1, 0.15) is 0 Å². The molecule has 19 heavy (non-hydrogen) atoms. The SMILES string of the molecule is Cc1ccc(S(=O)(=O)N(C)CC(C)(C)C)cc1CCl. The molecule has 0 aliphatic heterocycles. The summed E-state index contributed by atoms with van der Waals surface area (Å²) in [5, 5.41) is 0. The van der Waals surface area contributed by atoms with E-state index in [2.05, 4.69) is 0 Å². The van der Waals surface area contributed by atoms with Crippen LogP contribution in [0.1, 0.15) is 31.9 Å². The lowest BCUT2D eigenvalue weighted by atomic mass is 9.97. The molecule has 0 heterocycles. The van der Waals surface area contributed by atoms with Crippen molar-refractivity contribution < 1.29 is 8.42 Å². The number of hydrogen-bond donors (Lipinski definition) is 0. The normalized spacial score (nSPS) is 13.0. The molecule has 0 N–H and O–H groups in total. The van der Waals surface area contributed by atoms with E-state index in [4.69, 9.17) is 11.6 Å². The molecular formula is C14H22ClNO2S. The van der Waals surface area contributed by atoms with Crippen LogP contribution in [-0.4, -0.2) is 26.3 Å². The molecule has 0 amide bonds. The summed E-state index contributed by atoms with van der Waals surface area (Å²) in [7, 11) is -1.83. The molecule has 5 heteroatoms. The molecule has 0 radical (unpaired) electrons. The fourth-order valence-corrected chi connectivity index (χ4v) is 3.62. The fourth-order valence-electron chi connectivity index (χ4n) is 1.89. The van der Waals surface area contributed by atoms with Crippen LogP contribution in [0.3, 0.4) is 0 Å². The highest BCUT2D eigenvalue weighted by Gasteiger charge is 2.25. The van der Waals surface area contributed by atoms with Gasteiger partial charge in [-0.15, -0.1) is 11.6 Å². The fraction of sp³-hybridized carbons (Fsp3) is 0.571. The van der Waals surface area contributed by atoms with Crippen molar-refractivity contribution in [3.63, 3.8) is 0 Å². The summed E-state index contributed by atoms with van der Waals surface area (Å²) in [6.07, 6.45) is 0. The van der Waals surface area contributed by atoms with Crippen molar-refractivity contribution in [1.82, 2.24) is 4.31 Å². The molecule has 0 bridgehead atoms. The van der Waals surface area contributed by atoms with Gasteiger partial charge in [0.15, 0.2) is 0 Å². The molecule has 108 valence electrons. The van der Waals surface area contributed by atoms with Crippen LogP contribution in [0.4, 0.5) is 0 Å². The minimum atomic E-state index is -3.45. The van der Waals surface area contributed by atoms with Crippen molar-refractivity contribution in [2.45, 2.75) is 38.5 Å². The van der Waals surface area contributed by atoms with E-state index < -0.39 is 10.0 Å². The van der Waals surface area contributed by atoms with E-state index in [1.165, 1.54) is 4.31 Å². The first-order valence-corrected chi connectivity index (χ1v) is 8.17. The van der Waals surface area contributed by atoms with Crippen molar-refractivity contribution in [1.29, 1.82) is 0 Å². The van der Waals surface area contributed by atoms with Gasteiger partial charge in [0, 0.05) is 19.5 Å². The Bertz CT molecular complexity index is 547. The number of sulfonamides is 1. The molecule has 0 saturated carbocycles. The lowest BCUT2D eigenvalue weighted by Crippen LogP contribution is -2.34. The monoisotopic (exact) mass is 303 g/mol. The Morgan fingerprint density at radius 1 is 1.26 bits per heavy atom. The molecule has 0 saturated heterocycles. The third kappa shape index (κ3) is 4.20. The summed E-state index contributed by atoms with van der Waals surface area (Å²) < 4.78 is 26.3. The van der Waals surface area contributed by atoms with Gasteiger partial charge in [0.25, 0.3) is 0 Å². The smallest absolute Gasteiger partial charge is 0.207 e. The Balaban J connectivity index is 3.13. The van der Waals surface area contributed by atoms with E-state index in [0.29, 0.717) is 17.3 Å². The second-order valence-corrected chi connectivity index (χ2v) is 8.36. The minimum Gasteiger partial charge on any atom is -0.207 e. The van der Waals surface area contributed by atoms with Crippen molar-refractivity contribution in [3.05, 3.63) is 29.3 Å². The second kappa shape index (κ2) is 5.81. The summed E-state index contributed by atoms with van der Waals surface area (Å²) in [4.78, 5) is 0.306. The maximum atomic E-state index is 12.5. The third-order valence-electron chi connectivity index (χ3n) is 2.87. The zero-order chi connectivity index (χ0) is 14.8. The largest absolute Gasteiger partial charge is 0.242 e. The quantitative estimate of drug-likeness (QED) is 0.800. The van der Waals surface area contributed by atoms with Crippen LogP contribution in [0.25, 0.3) is 0 Å². The van der Waals surface area contributed by atoms with Crippen LogP contribution >= 0.6 is 11.6 Å². The Morgan fingerprint density at radius 2 is 1.84 bits per heavy atom. The molecule has 0 aliphatic rings. The van der Waals surface area contributed by atoms with Crippen molar-refractivity contribution in [2.24, 2.45) is 5.41 Å². The van der Waals surface area contributed by atoms with E-state index in [1.54, 1.807) is 25.2 Å². The number of benzene rings is 1. The number of halogens is 1. The lowest BCUT2D eigenvalue weighted by molar-refractivity contribution is 0.311. The van der Waals surface area contributed by atoms with Crippen LogP contribution in [0.5, 0.6) is 0 Å². The zero-order valence-corrected chi connectivity index (χ0v) is 13.8. The van der Waals surface area contributed by atoms with Gasteiger partial charge < -0.3 is 0 Å². The summed E-state index contributed by atoms with van der Waals surface area (Å²) >= 11 is 5.83. The van der Waals surface area contributed by atoms with E-state index in [1.807, 2.05) is 27.7 Å². The summed E-state index contributed by atoms with van der Waals surface area (Å²) in [5.74, 6) is 0.318. The molecule has 0 fully saturated rings. The summed E-state index contributed by atoms with van der Waals surface area (Å²) in [6.45, 7) is 8.43. The molecule has 0 aliphatic carbocycles. The molecule has 1 aromatic rings. The molecule has 3 nitrogen and oxygen atoms in total. The number of rotatable bonds is 4. The Morgan fingerprint density at radius 3 is 2.32 bits per heavy atom. The molecule has 0 unspecified atom stereocenters. The van der Waals surface area contributed by atoms with Gasteiger partial charge in [0.05, 0.1) is 4.90 Å². The van der Waals surface area contributed by atoms with Crippen LogP contribution in [0.15, 0.2) is 23.1 Å². The van der Waals surface area contributed by atoms with Gasteiger partial charge in [-0.3, -0.25) is 0 Å². The average molecular weight is 304 g/mol. The van der Waals surface area contributed by atoms with Crippen molar-refractivity contribution >= 4 is 21.6 Å². The standard InChI is InChI=1S/C14H22ClNO2S/c1-11-6-7-13(8-12(11)9-15)19(17,18)16(5)10-14(2,3)4/h6-8H,9-10H2,1-5H3. The molecule has 1 aromatic carbocycles. The lowest BCUT2D eigenvalue weighted by Gasteiger charge is -2.26. The van der Waals surface area contributed by atoms with E-state index in [-0.39, 0.29) is 5.41 Å². The van der Waals surface area contributed by atoms with Crippen molar-refractivity contribution in [3.8, 4) is 0 Å². The van der Waals surface area contributed by atoms with Crippen LogP contribution in [-0.2, 0) is 15.9 Å². The summed E-state index contributed by atoms with van der Waals surface area (Å²) in [6, 6.07) is 5.10. The topological polar surface area (TPSA) is 37.4 Å². The van der Waals surface area contributed by atoms with Gasteiger partial charge in [-0.1, -0.05) is 26.8 Å². The number of aryl methyl sites for hydroxylation is 1. The maximum Gasteiger partial charge on any atom is 0.242 e. The van der Waals surface area contributed by atoms with Crippen LogP contribution < -0.4 is 0 Å². The Kier molecular flexibility index (Phi) is 5.04. The number of hydrogen-bond acceptors (Lipinski definition) is 2. The van der Waals surface area contributed by atoms with Crippen LogP contribution in [0, 0.1) is 12.3 Å². The molecule has 0 atom stereocenters. The average Bonchev–Trinajstić information content (AvgIpc) is 2.27. The molecule has 0 spiro atoms. The van der Waals surface area contributed by atoms with Crippen LogP contribution in [0.2, 0.25) is 0 Å². The summed E-state index contributed by atoms with van der Waals surface area (Å²) in [5.41, 5.74) is 1.78. The minimum absolute atomic E-state index is 0.0815. The predicted octanol–water partition coefficient (Wildman–Crippen LogP) is 3.40. The van der Waals surface area contributed by atoms with E-state index in [9.17, 15) is 8.42 Å². The Hall–Kier alpha value is -0.580. The van der Waals surface area contributed by atoms with Gasteiger partial charge in [-0.2, -0.15) is 0 Å². The highest BCUT2D eigenvalue weighted by atomic mass is 35.5. The molecule has 1 rings (SSSR count). The van der Waals surface area contributed by atoms with Gasteiger partial charge in [0.2, 0.25) is 10.0 Å². The highest BCUT2D eigenvalue weighted by molar-refractivity contribution is 7.89. The van der Waals surface area contributed by atoms with Gasteiger partial charge in [-0.05, 0) is 35.6 Å². The predicted molar refractivity (Wildman–Crippen MR) is 80.0 cm³/mol. The van der Waals surface area contributed by atoms with E-state index >= 15 is 0 Å².